The summed E-state index contributed by atoms with van der Waals surface area (Å²) < 4.78 is 16.0. The molecule has 1 aliphatic rings. The molecule has 1 aromatic rings. The van der Waals surface area contributed by atoms with Crippen LogP contribution in [0.3, 0.4) is 0 Å². The summed E-state index contributed by atoms with van der Waals surface area (Å²) in [7, 11) is 0. The molecule has 1 fully saturated rings. The minimum absolute atomic E-state index is 0.232. The van der Waals surface area contributed by atoms with E-state index in [1.165, 1.54) is 0 Å². The Morgan fingerprint density at radius 1 is 1.20 bits per heavy atom. The van der Waals surface area contributed by atoms with Gasteiger partial charge in [-0.25, -0.2) is 0 Å². The summed E-state index contributed by atoms with van der Waals surface area (Å²) in [5.41, 5.74) is 5.17. The maximum Gasteiger partial charge on any atom is 0.313 e. The van der Waals surface area contributed by atoms with Crippen LogP contribution >= 0.6 is 0 Å². The summed E-state index contributed by atoms with van der Waals surface area (Å²) >= 11 is 0. The molecule has 0 amide bonds. The highest BCUT2D eigenvalue weighted by Gasteiger charge is 2.40. The van der Waals surface area contributed by atoms with Crippen LogP contribution in [0.4, 0.5) is 0 Å². The van der Waals surface area contributed by atoms with Crippen molar-refractivity contribution in [3.8, 4) is 5.75 Å². The topological polar surface area (TPSA) is 70.8 Å². The van der Waals surface area contributed by atoms with Gasteiger partial charge in [0.05, 0.1) is 5.41 Å². The second-order valence-corrected chi connectivity index (χ2v) is 4.89. The third-order valence-corrected chi connectivity index (χ3v) is 3.60. The normalized spacial score (nSPS) is 17.4. The van der Waals surface area contributed by atoms with Crippen molar-refractivity contribution < 1.29 is 19.0 Å². The van der Waals surface area contributed by atoms with Gasteiger partial charge in [-0.2, -0.15) is 0 Å². The number of para-hydroxylation sites is 1. The van der Waals surface area contributed by atoms with Gasteiger partial charge in [-0.05, 0) is 25.0 Å². The molecule has 2 N–H and O–H groups in total. The average molecular weight is 279 g/mol. The lowest BCUT2D eigenvalue weighted by molar-refractivity contribution is -0.161. The highest BCUT2D eigenvalue weighted by molar-refractivity contribution is 5.77. The lowest BCUT2D eigenvalue weighted by atomic mass is 9.80. The van der Waals surface area contributed by atoms with Gasteiger partial charge < -0.3 is 19.9 Å². The van der Waals surface area contributed by atoms with E-state index in [9.17, 15) is 4.79 Å². The molecule has 0 aliphatic carbocycles. The van der Waals surface area contributed by atoms with E-state index in [-0.39, 0.29) is 12.6 Å². The van der Waals surface area contributed by atoms with E-state index in [4.69, 9.17) is 19.9 Å². The zero-order valence-electron chi connectivity index (χ0n) is 11.5. The third kappa shape index (κ3) is 3.71. The van der Waals surface area contributed by atoms with Gasteiger partial charge in [-0.3, -0.25) is 4.79 Å². The molecule has 110 valence electrons. The maximum atomic E-state index is 12.1. The number of nitrogens with two attached hydrogens (primary N) is 1. The molecule has 1 saturated heterocycles. The van der Waals surface area contributed by atoms with Crippen LogP contribution < -0.4 is 10.5 Å². The standard InChI is InChI=1S/C15H21NO4/c16-12-15(6-8-18-9-7-15)14(17)20-11-10-19-13-4-2-1-3-5-13/h1-5H,6-12,16H2. The van der Waals surface area contributed by atoms with E-state index in [1.807, 2.05) is 30.3 Å². The van der Waals surface area contributed by atoms with Crippen molar-refractivity contribution in [3.63, 3.8) is 0 Å². The molecular weight excluding hydrogens is 258 g/mol. The number of hydrogen-bond acceptors (Lipinski definition) is 5. The molecule has 0 atom stereocenters. The Kier molecular flexibility index (Phi) is 5.38. The van der Waals surface area contributed by atoms with Gasteiger partial charge in [0.1, 0.15) is 19.0 Å². The Morgan fingerprint density at radius 3 is 2.55 bits per heavy atom. The molecule has 2 rings (SSSR count). The number of esters is 1. The predicted octanol–water partition coefficient (Wildman–Crippen LogP) is 1.36. The fourth-order valence-corrected chi connectivity index (χ4v) is 2.22. The van der Waals surface area contributed by atoms with E-state index in [0.717, 1.165) is 5.75 Å². The minimum atomic E-state index is -0.578. The molecule has 0 spiro atoms. The Hall–Kier alpha value is -1.59. The van der Waals surface area contributed by atoms with Gasteiger partial charge in [0.25, 0.3) is 0 Å². The van der Waals surface area contributed by atoms with E-state index in [2.05, 4.69) is 0 Å². The van der Waals surface area contributed by atoms with Crippen molar-refractivity contribution in [2.75, 3.05) is 33.0 Å². The summed E-state index contributed by atoms with van der Waals surface area (Å²) in [5, 5.41) is 0. The minimum Gasteiger partial charge on any atom is -0.490 e. The van der Waals surface area contributed by atoms with Gasteiger partial charge in [-0.1, -0.05) is 18.2 Å². The van der Waals surface area contributed by atoms with E-state index < -0.39 is 5.41 Å². The van der Waals surface area contributed by atoms with Crippen molar-refractivity contribution >= 4 is 5.97 Å². The van der Waals surface area contributed by atoms with Crippen molar-refractivity contribution in [3.05, 3.63) is 30.3 Å². The van der Waals surface area contributed by atoms with Crippen LogP contribution in [0.15, 0.2) is 30.3 Å². The number of carbonyl (C=O) groups excluding carboxylic acids is 1. The summed E-state index contributed by atoms with van der Waals surface area (Å²) in [6, 6.07) is 9.44. The van der Waals surface area contributed by atoms with Gasteiger partial charge >= 0.3 is 5.97 Å². The Labute approximate surface area is 119 Å². The van der Waals surface area contributed by atoms with Crippen LogP contribution in [-0.4, -0.2) is 38.9 Å². The van der Waals surface area contributed by atoms with E-state index >= 15 is 0 Å². The number of ether oxygens (including phenoxy) is 3. The molecule has 1 aliphatic heterocycles. The van der Waals surface area contributed by atoms with Crippen molar-refractivity contribution in [1.82, 2.24) is 0 Å². The van der Waals surface area contributed by atoms with Crippen LogP contribution in [0.25, 0.3) is 0 Å². The molecule has 0 unspecified atom stereocenters. The molecule has 0 saturated carbocycles. The fraction of sp³-hybridized carbons (Fsp3) is 0.533. The van der Waals surface area contributed by atoms with Crippen LogP contribution in [-0.2, 0) is 14.3 Å². The molecule has 0 bridgehead atoms. The van der Waals surface area contributed by atoms with Crippen LogP contribution in [0.5, 0.6) is 5.75 Å². The molecular formula is C15H21NO4. The lowest BCUT2D eigenvalue weighted by Gasteiger charge is -2.33. The van der Waals surface area contributed by atoms with Crippen LogP contribution in [0, 0.1) is 5.41 Å². The zero-order valence-corrected chi connectivity index (χ0v) is 11.5. The largest absolute Gasteiger partial charge is 0.490 e. The van der Waals surface area contributed by atoms with Crippen molar-refractivity contribution in [2.45, 2.75) is 12.8 Å². The molecule has 5 heteroatoms. The first-order valence-electron chi connectivity index (χ1n) is 6.90. The summed E-state index contributed by atoms with van der Waals surface area (Å²) in [5.74, 6) is 0.531. The van der Waals surface area contributed by atoms with Gasteiger partial charge in [0.2, 0.25) is 0 Å². The molecule has 20 heavy (non-hydrogen) atoms. The average Bonchev–Trinajstić information content (AvgIpc) is 2.53. The monoisotopic (exact) mass is 279 g/mol. The second kappa shape index (κ2) is 7.26. The molecule has 1 aromatic carbocycles. The first-order chi connectivity index (χ1) is 9.77. The predicted molar refractivity (Wildman–Crippen MR) is 74.4 cm³/mol. The van der Waals surface area contributed by atoms with Gasteiger partial charge in [-0.15, -0.1) is 0 Å². The van der Waals surface area contributed by atoms with E-state index in [0.29, 0.717) is 39.2 Å². The number of hydrogen-bond donors (Lipinski definition) is 1. The molecule has 0 radical (unpaired) electrons. The third-order valence-electron chi connectivity index (χ3n) is 3.60. The molecule has 0 aromatic heterocycles. The molecule has 1 heterocycles. The summed E-state index contributed by atoms with van der Waals surface area (Å²) in [4.78, 5) is 12.1. The first kappa shape index (κ1) is 14.8. The van der Waals surface area contributed by atoms with Crippen molar-refractivity contribution in [2.24, 2.45) is 11.1 Å². The Balaban J connectivity index is 1.74. The van der Waals surface area contributed by atoms with E-state index in [1.54, 1.807) is 0 Å². The van der Waals surface area contributed by atoms with Crippen LogP contribution in [0.1, 0.15) is 12.8 Å². The Bertz CT molecular complexity index is 415. The number of benzene rings is 1. The highest BCUT2D eigenvalue weighted by Crippen LogP contribution is 2.30. The number of rotatable bonds is 6. The SMILES string of the molecule is NCC1(C(=O)OCCOc2ccccc2)CCOCC1. The highest BCUT2D eigenvalue weighted by atomic mass is 16.6. The number of carbonyl (C=O) groups is 1. The van der Waals surface area contributed by atoms with Gasteiger partial charge in [0.15, 0.2) is 0 Å². The van der Waals surface area contributed by atoms with Gasteiger partial charge in [0, 0.05) is 19.8 Å². The zero-order chi connectivity index (χ0) is 14.3. The molecule has 5 nitrogen and oxygen atoms in total. The second-order valence-electron chi connectivity index (χ2n) is 4.89. The smallest absolute Gasteiger partial charge is 0.313 e. The fourth-order valence-electron chi connectivity index (χ4n) is 2.22. The van der Waals surface area contributed by atoms with Crippen molar-refractivity contribution in [1.29, 1.82) is 0 Å². The van der Waals surface area contributed by atoms with Crippen LogP contribution in [0.2, 0.25) is 0 Å². The lowest BCUT2D eigenvalue weighted by Crippen LogP contribution is -2.44. The quantitative estimate of drug-likeness (QED) is 0.629. The summed E-state index contributed by atoms with van der Waals surface area (Å²) in [6.07, 6.45) is 1.25. The Morgan fingerprint density at radius 2 is 1.90 bits per heavy atom. The summed E-state index contributed by atoms with van der Waals surface area (Å²) in [6.45, 7) is 2.00. The maximum absolute atomic E-state index is 12.1. The first-order valence-corrected chi connectivity index (χ1v) is 6.90.